The van der Waals surface area contributed by atoms with Crippen molar-refractivity contribution in [3.8, 4) is 5.75 Å². The molecule has 27 heavy (non-hydrogen) atoms. The molecule has 1 atom stereocenters. The fraction of sp³-hybridized carbons (Fsp3) is 0.211. The molecule has 0 bridgehead atoms. The predicted octanol–water partition coefficient (Wildman–Crippen LogP) is 2.16. The number of amides is 3. The van der Waals surface area contributed by atoms with E-state index >= 15 is 0 Å². The summed E-state index contributed by atoms with van der Waals surface area (Å²) in [6.45, 7) is 0.244. The summed E-state index contributed by atoms with van der Waals surface area (Å²) >= 11 is 5.78. The van der Waals surface area contributed by atoms with Crippen molar-refractivity contribution in [2.45, 2.75) is 6.42 Å². The maximum Gasteiger partial charge on any atom is 0.269 e. The number of benzene rings is 2. The van der Waals surface area contributed by atoms with Gasteiger partial charge in [0.2, 0.25) is 11.8 Å². The summed E-state index contributed by atoms with van der Waals surface area (Å²) in [6.07, 6.45) is 0.0781. The molecule has 0 saturated carbocycles. The van der Waals surface area contributed by atoms with Crippen LogP contribution in [0.15, 0.2) is 48.5 Å². The summed E-state index contributed by atoms with van der Waals surface area (Å²) in [7, 11) is 1.56. The molecule has 0 radical (unpaired) electrons. The normalized spacial score (nSPS) is 16.1. The predicted molar refractivity (Wildman–Crippen MR) is 101 cm³/mol. The summed E-state index contributed by atoms with van der Waals surface area (Å²) in [5.41, 5.74) is 5.79. The molecule has 8 heteroatoms. The summed E-state index contributed by atoms with van der Waals surface area (Å²) in [5, 5.41) is 0.513. The minimum Gasteiger partial charge on any atom is -0.497 e. The van der Waals surface area contributed by atoms with Crippen molar-refractivity contribution in [2.75, 3.05) is 18.6 Å². The molecule has 3 amide bonds. The zero-order valence-electron chi connectivity index (χ0n) is 14.6. The van der Waals surface area contributed by atoms with Crippen molar-refractivity contribution >= 4 is 35.0 Å². The third kappa shape index (κ3) is 4.38. The number of halogens is 1. The number of hydrogen-bond acceptors (Lipinski definition) is 4. The van der Waals surface area contributed by atoms with Crippen molar-refractivity contribution in [1.29, 1.82) is 0 Å². The Bertz CT molecular complexity index is 852. The van der Waals surface area contributed by atoms with E-state index < -0.39 is 17.7 Å². The van der Waals surface area contributed by atoms with Gasteiger partial charge < -0.3 is 9.64 Å². The second kappa shape index (κ2) is 8.09. The van der Waals surface area contributed by atoms with Crippen LogP contribution in [-0.2, 0) is 9.59 Å². The zero-order valence-corrected chi connectivity index (χ0v) is 15.3. The quantitative estimate of drug-likeness (QED) is 0.787. The Hall–Kier alpha value is -3.06. The standard InChI is InChI=1S/C19H18ClN3O4/c1-27-16-8-6-15(7-9-16)23-11-13(10-17(23)24)19(26)22-21-18(25)12-2-4-14(20)5-3-12/h2-9,13H,10-11H2,1H3,(H,21,25)(H,22,26)/t13-/m0/s1. The minimum absolute atomic E-state index is 0.0781. The number of ether oxygens (including phenoxy) is 1. The van der Waals surface area contributed by atoms with Crippen LogP contribution in [0.5, 0.6) is 5.75 Å². The number of carbonyl (C=O) groups excluding carboxylic acids is 3. The fourth-order valence-corrected chi connectivity index (χ4v) is 2.91. The average molecular weight is 388 g/mol. The molecule has 1 aliphatic rings. The maximum atomic E-state index is 12.3. The molecule has 3 rings (SSSR count). The summed E-state index contributed by atoms with van der Waals surface area (Å²) in [4.78, 5) is 38.1. The van der Waals surface area contributed by atoms with Gasteiger partial charge in [-0.2, -0.15) is 0 Å². The van der Waals surface area contributed by atoms with Gasteiger partial charge in [-0.15, -0.1) is 0 Å². The second-order valence-electron chi connectivity index (χ2n) is 6.05. The summed E-state index contributed by atoms with van der Waals surface area (Å²) < 4.78 is 5.10. The van der Waals surface area contributed by atoms with Crippen molar-refractivity contribution in [3.63, 3.8) is 0 Å². The lowest BCUT2D eigenvalue weighted by molar-refractivity contribution is -0.126. The number of anilines is 1. The van der Waals surface area contributed by atoms with Crippen LogP contribution in [0.1, 0.15) is 16.8 Å². The Kier molecular flexibility index (Phi) is 5.61. The first kappa shape index (κ1) is 18.7. The number of carbonyl (C=O) groups is 3. The van der Waals surface area contributed by atoms with Crippen LogP contribution in [0.3, 0.4) is 0 Å². The first-order valence-electron chi connectivity index (χ1n) is 8.28. The van der Waals surface area contributed by atoms with Crippen LogP contribution in [0.4, 0.5) is 5.69 Å². The van der Waals surface area contributed by atoms with Gasteiger partial charge >= 0.3 is 0 Å². The van der Waals surface area contributed by atoms with E-state index in [4.69, 9.17) is 16.3 Å². The van der Waals surface area contributed by atoms with Crippen molar-refractivity contribution in [3.05, 3.63) is 59.1 Å². The highest BCUT2D eigenvalue weighted by atomic mass is 35.5. The highest BCUT2D eigenvalue weighted by Crippen LogP contribution is 2.26. The van der Waals surface area contributed by atoms with Gasteiger partial charge in [-0.05, 0) is 48.5 Å². The fourth-order valence-electron chi connectivity index (χ4n) is 2.79. The molecular formula is C19H18ClN3O4. The van der Waals surface area contributed by atoms with Gasteiger partial charge in [-0.25, -0.2) is 0 Å². The van der Waals surface area contributed by atoms with Gasteiger partial charge in [0.05, 0.1) is 13.0 Å². The smallest absolute Gasteiger partial charge is 0.269 e. The molecule has 0 unspecified atom stereocenters. The van der Waals surface area contributed by atoms with E-state index in [1.807, 2.05) is 0 Å². The van der Waals surface area contributed by atoms with Gasteiger partial charge in [0, 0.05) is 29.2 Å². The van der Waals surface area contributed by atoms with Gasteiger partial charge in [0.15, 0.2) is 0 Å². The Morgan fingerprint density at radius 3 is 2.37 bits per heavy atom. The number of rotatable bonds is 4. The number of hydrogen-bond donors (Lipinski definition) is 2. The van der Waals surface area contributed by atoms with Crippen molar-refractivity contribution in [1.82, 2.24) is 10.9 Å². The lowest BCUT2D eigenvalue weighted by Gasteiger charge is -2.17. The topological polar surface area (TPSA) is 87.7 Å². The van der Waals surface area contributed by atoms with Gasteiger partial charge in [-0.1, -0.05) is 11.6 Å². The lowest BCUT2D eigenvalue weighted by Crippen LogP contribution is -2.45. The third-order valence-corrected chi connectivity index (χ3v) is 4.54. The zero-order chi connectivity index (χ0) is 19.4. The molecule has 7 nitrogen and oxygen atoms in total. The van der Waals surface area contributed by atoms with Crippen LogP contribution in [-0.4, -0.2) is 31.4 Å². The van der Waals surface area contributed by atoms with Crippen LogP contribution in [0.25, 0.3) is 0 Å². The highest BCUT2D eigenvalue weighted by molar-refractivity contribution is 6.30. The second-order valence-corrected chi connectivity index (χ2v) is 6.49. The largest absolute Gasteiger partial charge is 0.497 e. The molecule has 1 fully saturated rings. The van der Waals surface area contributed by atoms with Crippen LogP contribution < -0.4 is 20.5 Å². The molecule has 0 aliphatic carbocycles. The first-order chi connectivity index (χ1) is 13.0. The minimum atomic E-state index is -0.551. The molecule has 1 heterocycles. The highest BCUT2D eigenvalue weighted by Gasteiger charge is 2.35. The van der Waals surface area contributed by atoms with E-state index in [9.17, 15) is 14.4 Å². The SMILES string of the molecule is COc1ccc(N2C[C@@H](C(=O)NNC(=O)c3ccc(Cl)cc3)CC2=O)cc1. The average Bonchev–Trinajstić information content (AvgIpc) is 3.08. The number of nitrogens with one attached hydrogen (secondary N) is 2. The van der Waals surface area contributed by atoms with Gasteiger partial charge in [-0.3, -0.25) is 25.2 Å². The Morgan fingerprint density at radius 1 is 1.07 bits per heavy atom. The van der Waals surface area contributed by atoms with Crippen molar-refractivity contribution < 1.29 is 19.1 Å². The van der Waals surface area contributed by atoms with Crippen LogP contribution >= 0.6 is 11.6 Å². The summed E-state index contributed by atoms with van der Waals surface area (Å²) in [6, 6.07) is 13.3. The summed E-state index contributed by atoms with van der Waals surface area (Å²) in [5.74, 6) is -0.892. The number of hydrazine groups is 1. The Labute approximate surface area is 161 Å². The molecule has 1 aliphatic heterocycles. The van der Waals surface area contributed by atoms with Gasteiger partial charge in [0.25, 0.3) is 5.91 Å². The molecule has 2 aromatic carbocycles. The first-order valence-corrected chi connectivity index (χ1v) is 8.66. The van der Waals surface area contributed by atoms with Crippen LogP contribution in [0, 0.1) is 5.92 Å². The van der Waals surface area contributed by atoms with E-state index in [1.165, 1.54) is 0 Å². The van der Waals surface area contributed by atoms with E-state index in [1.54, 1.807) is 60.5 Å². The number of methoxy groups -OCH3 is 1. The van der Waals surface area contributed by atoms with E-state index in [2.05, 4.69) is 10.9 Å². The molecule has 1 saturated heterocycles. The molecule has 2 N–H and O–H groups in total. The maximum absolute atomic E-state index is 12.3. The van der Waals surface area contributed by atoms with Crippen LogP contribution in [0.2, 0.25) is 5.02 Å². The Morgan fingerprint density at radius 2 is 1.74 bits per heavy atom. The molecular weight excluding hydrogens is 370 g/mol. The van der Waals surface area contributed by atoms with E-state index in [0.717, 1.165) is 0 Å². The lowest BCUT2D eigenvalue weighted by atomic mass is 10.1. The molecule has 0 aromatic heterocycles. The van der Waals surface area contributed by atoms with E-state index in [-0.39, 0.29) is 18.9 Å². The van der Waals surface area contributed by atoms with Crippen molar-refractivity contribution in [2.24, 2.45) is 5.92 Å². The van der Waals surface area contributed by atoms with Gasteiger partial charge in [0.1, 0.15) is 5.75 Å². The van der Waals surface area contributed by atoms with E-state index in [0.29, 0.717) is 22.0 Å². The monoisotopic (exact) mass is 387 g/mol. The third-order valence-electron chi connectivity index (χ3n) is 4.29. The number of nitrogens with zero attached hydrogens (tertiary/aromatic N) is 1. The molecule has 2 aromatic rings. The molecule has 140 valence electrons. The Balaban J connectivity index is 1.56. The molecule has 0 spiro atoms.